The number of nitrogens with two attached hydrogens (primary N) is 1. The first-order valence-electron chi connectivity index (χ1n) is 2.84. The van der Waals surface area contributed by atoms with Gasteiger partial charge >= 0.3 is 0 Å². The highest BCUT2D eigenvalue weighted by atomic mass is 16.5. The van der Waals surface area contributed by atoms with Crippen molar-refractivity contribution >= 4 is 0 Å². The average molecular weight is 115 g/mol. The molecule has 1 heterocycles. The Morgan fingerprint density at radius 2 is 2.62 bits per heavy atom. The molecule has 0 bridgehead atoms. The Hall–Kier alpha value is -0.120. The van der Waals surface area contributed by atoms with Crippen molar-refractivity contribution in [2.45, 2.75) is 19.2 Å². The van der Waals surface area contributed by atoms with Crippen molar-refractivity contribution in [2.24, 2.45) is 5.73 Å². The Balaban J connectivity index is 2.24. The molecule has 2 unspecified atom stereocenters. The molecule has 3 nitrogen and oxygen atoms in total. The second-order valence-corrected chi connectivity index (χ2v) is 2.03. The highest BCUT2D eigenvalue weighted by Crippen LogP contribution is 1.99. The van der Waals surface area contributed by atoms with Crippen LogP contribution in [0.25, 0.3) is 0 Å². The smallest absolute Gasteiger partial charge is 0.138 e. The van der Waals surface area contributed by atoms with Gasteiger partial charge in [0.1, 0.15) is 6.23 Å². The van der Waals surface area contributed by atoms with Crippen LogP contribution >= 0.6 is 0 Å². The van der Waals surface area contributed by atoms with Crippen LogP contribution in [0.3, 0.4) is 0 Å². The summed E-state index contributed by atoms with van der Waals surface area (Å²) in [4.78, 5) is 0. The summed E-state index contributed by atoms with van der Waals surface area (Å²) in [5.41, 5.74) is 5.48. The quantitative estimate of drug-likeness (QED) is 0.491. The Morgan fingerprint density at radius 3 is 2.88 bits per heavy atom. The van der Waals surface area contributed by atoms with Crippen molar-refractivity contribution in [1.29, 1.82) is 0 Å². The van der Waals surface area contributed by atoms with Crippen LogP contribution in [-0.4, -0.2) is 25.4 Å². The minimum Gasteiger partial charge on any atom is -0.359 e. The summed E-state index contributed by atoms with van der Waals surface area (Å²) < 4.78 is 5.12. The maximum Gasteiger partial charge on any atom is 0.138 e. The minimum absolute atomic E-state index is 0.0324. The predicted octanol–water partition coefficient (Wildman–Crippen LogP) is -0.706. The molecule has 0 saturated carbocycles. The van der Waals surface area contributed by atoms with Gasteiger partial charge in [0.2, 0.25) is 0 Å². The van der Waals surface area contributed by atoms with Crippen molar-refractivity contribution in [3.63, 3.8) is 0 Å². The van der Waals surface area contributed by atoms with E-state index < -0.39 is 0 Å². The van der Waals surface area contributed by atoms with E-state index in [9.17, 15) is 0 Å². The van der Waals surface area contributed by atoms with E-state index in [1.807, 2.05) is 6.92 Å². The van der Waals surface area contributed by atoms with Gasteiger partial charge in [0, 0.05) is 12.6 Å². The largest absolute Gasteiger partial charge is 0.359 e. The van der Waals surface area contributed by atoms with Crippen molar-refractivity contribution in [2.75, 3.05) is 13.2 Å². The molecular formula is C5H11N2O. The fraction of sp³-hybridized carbons (Fsp3) is 1.00. The summed E-state index contributed by atoms with van der Waals surface area (Å²) in [6.45, 7) is 3.46. The summed E-state index contributed by atoms with van der Waals surface area (Å²) in [5, 5.41) is 4.09. The first-order valence-corrected chi connectivity index (χ1v) is 2.84. The Morgan fingerprint density at radius 1 is 1.88 bits per heavy atom. The van der Waals surface area contributed by atoms with E-state index in [0.29, 0.717) is 0 Å². The molecule has 1 saturated heterocycles. The number of hydrogen-bond acceptors (Lipinski definition) is 2. The zero-order chi connectivity index (χ0) is 5.98. The van der Waals surface area contributed by atoms with Gasteiger partial charge in [-0.25, -0.2) is 5.32 Å². The monoisotopic (exact) mass is 115 g/mol. The van der Waals surface area contributed by atoms with E-state index in [1.165, 1.54) is 0 Å². The van der Waals surface area contributed by atoms with Gasteiger partial charge in [-0.05, 0) is 6.92 Å². The summed E-state index contributed by atoms with van der Waals surface area (Å²) in [7, 11) is 0. The molecule has 0 aliphatic carbocycles. The van der Waals surface area contributed by atoms with Gasteiger partial charge in [-0.15, -0.1) is 0 Å². The molecule has 2 N–H and O–H groups in total. The first kappa shape index (κ1) is 6.01. The Bertz CT molecular complexity index is 68.8. The van der Waals surface area contributed by atoms with Gasteiger partial charge in [0.25, 0.3) is 0 Å². The van der Waals surface area contributed by atoms with E-state index in [4.69, 9.17) is 10.5 Å². The molecule has 47 valence electrons. The fourth-order valence-electron chi connectivity index (χ4n) is 0.724. The lowest BCUT2D eigenvalue weighted by molar-refractivity contribution is 0.0829. The molecule has 1 radical (unpaired) electrons. The van der Waals surface area contributed by atoms with Crippen LogP contribution in [-0.2, 0) is 4.74 Å². The third kappa shape index (κ3) is 1.18. The highest BCUT2D eigenvalue weighted by molar-refractivity contribution is 4.70. The summed E-state index contributed by atoms with van der Waals surface area (Å²) in [5.74, 6) is 0. The molecule has 1 fully saturated rings. The fourth-order valence-corrected chi connectivity index (χ4v) is 0.724. The topological polar surface area (TPSA) is 49.4 Å². The molecule has 1 aliphatic heterocycles. The number of hydrogen-bond donors (Lipinski definition) is 1. The second kappa shape index (κ2) is 2.44. The number of rotatable bonds is 1. The summed E-state index contributed by atoms with van der Waals surface area (Å²) >= 11 is 0. The highest BCUT2D eigenvalue weighted by Gasteiger charge is 2.19. The molecule has 2 atom stereocenters. The van der Waals surface area contributed by atoms with Crippen molar-refractivity contribution in [3.05, 3.63) is 0 Å². The molecular weight excluding hydrogens is 104 g/mol. The molecule has 0 spiro atoms. The predicted molar refractivity (Wildman–Crippen MR) is 30.4 cm³/mol. The van der Waals surface area contributed by atoms with Crippen LogP contribution in [0.5, 0.6) is 0 Å². The standard InChI is InChI=1S/C5H11N2O/c1-4(6)5-7-2-3-8-5/h4-5H,2-3,6H2,1H3. The zero-order valence-corrected chi connectivity index (χ0v) is 5.00. The van der Waals surface area contributed by atoms with Gasteiger partial charge in [-0.3, -0.25) is 0 Å². The van der Waals surface area contributed by atoms with Gasteiger partial charge in [-0.1, -0.05) is 0 Å². The molecule has 0 amide bonds. The third-order valence-electron chi connectivity index (χ3n) is 1.14. The van der Waals surface area contributed by atoms with Crippen LogP contribution in [0.2, 0.25) is 0 Å². The number of nitrogens with zero attached hydrogens (tertiary/aromatic N) is 1. The lowest BCUT2D eigenvalue weighted by Crippen LogP contribution is -2.36. The van der Waals surface area contributed by atoms with Gasteiger partial charge in [0.15, 0.2) is 0 Å². The maximum absolute atomic E-state index is 5.48. The Kier molecular flexibility index (Phi) is 1.83. The third-order valence-corrected chi connectivity index (χ3v) is 1.14. The van der Waals surface area contributed by atoms with Crippen LogP contribution in [0.4, 0.5) is 0 Å². The first-order chi connectivity index (χ1) is 3.80. The van der Waals surface area contributed by atoms with Crippen LogP contribution < -0.4 is 11.1 Å². The lowest BCUT2D eigenvalue weighted by Gasteiger charge is -2.10. The number of ether oxygens (including phenoxy) is 1. The van der Waals surface area contributed by atoms with E-state index >= 15 is 0 Å². The normalized spacial score (nSPS) is 33.0. The van der Waals surface area contributed by atoms with Crippen molar-refractivity contribution in [3.8, 4) is 0 Å². The van der Waals surface area contributed by atoms with Crippen LogP contribution in [0, 0.1) is 0 Å². The summed E-state index contributed by atoms with van der Waals surface area (Å²) in [6, 6.07) is 0.0532. The van der Waals surface area contributed by atoms with Gasteiger partial charge in [0.05, 0.1) is 6.61 Å². The molecule has 1 aliphatic rings. The van der Waals surface area contributed by atoms with E-state index in [2.05, 4.69) is 5.32 Å². The molecule has 0 aromatic carbocycles. The molecule has 8 heavy (non-hydrogen) atoms. The second-order valence-electron chi connectivity index (χ2n) is 2.03. The Labute approximate surface area is 49.2 Å². The van der Waals surface area contributed by atoms with E-state index in [1.54, 1.807) is 0 Å². The minimum atomic E-state index is -0.0324. The van der Waals surface area contributed by atoms with Crippen LogP contribution in [0.15, 0.2) is 0 Å². The SMILES string of the molecule is CC(N)C1[N]CCO1. The molecule has 3 heteroatoms. The van der Waals surface area contributed by atoms with E-state index in [-0.39, 0.29) is 12.3 Å². The zero-order valence-electron chi connectivity index (χ0n) is 5.00. The van der Waals surface area contributed by atoms with Crippen LogP contribution in [0.1, 0.15) is 6.92 Å². The summed E-state index contributed by atoms with van der Waals surface area (Å²) in [6.07, 6.45) is -0.0324. The van der Waals surface area contributed by atoms with Crippen molar-refractivity contribution in [1.82, 2.24) is 5.32 Å². The average Bonchev–Trinajstić information content (AvgIpc) is 2.12. The molecule has 0 aromatic rings. The molecule has 0 aromatic heterocycles. The van der Waals surface area contributed by atoms with Gasteiger partial charge < -0.3 is 10.5 Å². The molecule has 1 rings (SSSR count). The van der Waals surface area contributed by atoms with Gasteiger partial charge in [-0.2, -0.15) is 0 Å². The van der Waals surface area contributed by atoms with Crippen molar-refractivity contribution < 1.29 is 4.74 Å². The van der Waals surface area contributed by atoms with E-state index in [0.717, 1.165) is 13.2 Å². The maximum atomic E-state index is 5.48. The lowest BCUT2D eigenvalue weighted by atomic mass is 10.3.